The number of urea groups is 1. The van der Waals surface area contributed by atoms with E-state index < -0.39 is 24.3 Å². The molecule has 4 N–H and O–H groups in total. The van der Waals surface area contributed by atoms with E-state index in [4.69, 9.17) is 18.9 Å². The third-order valence-corrected chi connectivity index (χ3v) is 7.75. The van der Waals surface area contributed by atoms with Crippen LogP contribution in [-0.4, -0.2) is 49.9 Å². The summed E-state index contributed by atoms with van der Waals surface area (Å²) in [5.41, 5.74) is 5.78. The minimum Gasteiger partial charge on any atom is -0.490 e. The molecular weight excluding hydrogens is 747 g/mol. The molecule has 4 rings (SSSR count). The van der Waals surface area contributed by atoms with Crippen molar-refractivity contribution >= 4 is 56.7 Å². The summed E-state index contributed by atoms with van der Waals surface area (Å²) in [6.45, 7) is 4.10. The molecule has 2 atom stereocenters. The Bertz CT molecular complexity index is 1530. The zero-order valence-electron chi connectivity index (χ0n) is 24.2. The number of esters is 1. The summed E-state index contributed by atoms with van der Waals surface area (Å²) in [6.07, 6.45) is 0.454. The van der Waals surface area contributed by atoms with Gasteiger partial charge in [-0.15, -0.1) is 0 Å². The van der Waals surface area contributed by atoms with Gasteiger partial charge in [0.05, 0.1) is 39.6 Å². The molecule has 1 aliphatic heterocycles. The van der Waals surface area contributed by atoms with Crippen molar-refractivity contribution in [3.8, 4) is 17.2 Å². The SMILES string of the molecule is CCOc1cc([C@H]2NC(=O)NC(C)=C2C(=O)OC)ccc1OC[C@@H](O)N/N=C\c1cc(Br)c(OCc2ccccc2)c(I)c1. The molecule has 0 spiro atoms. The number of nitrogens with zero attached hydrogens (tertiary/aromatic N) is 1. The van der Waals surface area contributed by atoms with Gasteiger partial charge in [-0.25, -0.2) is 9.59 Å². The zero-order valence-corrected chi connectivity index (χ0v) is 28.0. The Hall–Kier alpha value is -3.82. The quantitative estimate of drug-likeness (QED) is 0.0615. The number of aliphatic hydroxyl groups excluding tert-OH is 1. The maximum absolute atomic E-state index is 12.4. The molecule has 232 valence electrons. The highest BCUT2D eigenvalue weighted by molar-refractivity contribution is 14.1. The van der Waals surface area contributed by atoms with Crippen molar-refractivity contribution in [1.82, 2.24) is 16.1 Å². The zero-order chi connectivity index (χ0) is 31.6. The third-order valence-electron chi connectivity index (χ3n) is 6.36. The molecule has 0 aliphatic carbocycles. The molecule has 3 aromatic rings. The van der Waals surface area contributed by atoms with Crippen molar-refractivity contribution in [2.45, 2.75) is 32.7 Å². The summed E-state index contributed by atoms with van der Waals surface area (Å²) in [6, 6.07) is 17.5. The number of ether oxygens (including phenoxy) is 4. The largest absolute Gasteiger partial charge is 0.490 e. The maximum atomic E-state index is 12.4. The molecule has 0 fully saturated rings. The van der Waals surface area contributed by atoms with E-state index in [-0.39, 0.29) is 12.2 Å². The Kier molecular flexibility index (Phi) is 11.9. The fourth-order valence-electron chi connectivity index (χ4n) is 4.34. The Morgan fingerprint density at radius 3 is 2.61 bits per heavy atom. The van der Waals surface area contributed by atoms with Crippen molar-refractivity contribution < 1.29 is 33.6 Å². The molecule has 0 saturated carbocycles. The van der Waals surface area contributed by atoms with E-state index in [1.54, 1.807) is 31.3 Å². The van der Waals surface area contributed by atoms with E-state index in [0.29, 0.717) is 36.0 Å². The van der Waals surface area contributed by atoms with E-state index in [0.717, 1.165) is 24.9 Å². The third kappa shape index (κ3) is 8.64. The molecule has 11 nitrogen and oxygen atoms in total. The number of aliphatic hydroxyl groups is 1. The summed E-state index contributed by atoms with van der Waals surface area (Å²) in [4.78, 5) is 24.6. The molecule has 0 bridgehead atoms. The predicted molar refractivity (Wildman–Crippen MR) is 177 cm³/mol. The first-order chi connectivity index (χ1) is 21.2. The van der Waals surface area contributed by atoms with Crippen molar-refractivity contribution in [1.29, 1.82) is 0 Å². The average molecular weight is 779 g/mol. The molecule has 1 aliphatic rings. The molecule has 3 aromatic carbocycles. The number of carbonyl (C=O) groups excluding carboxylic acids is 2. The van der Waals surface area contributed by atoms with Crippen molar-refractivity contribution in [2.75, 3.05) is 20.3 Å². The number of rotatable bonds is 13. The highest BCUT2D eigenvalue weighted by Gasteiger charge is 2.32. The van der Waals surface area contributed by atoms with Gasteiger partial charge >= 0.3 is 12.0 Å². The maximum Gasteiger partial charge on any atom is 0.337 e. The highest BCUT2D eigenvalue weighted by atomic mass is 127. The summed E-state index contributed by atoms with van der Waals surface area (Å²) in [7, 11) is 1.28. The van der Waals surface area contributed by atoms with Crippen molar-refractivity contribution in [3.63, 3.8) is 0 Å². The number of hydrazone groups is 1. The topological polar surface area (TPSA) is 140 Å². The molecule has 44 heavy (non-hydrogen) atoms. The number of allylic oxidation sites excluding steroid dienone is 1. The smallest absolute Gasteiger partial charge is 0.337 e. The number of methoxy groups -OCH3 is 1. The number of carbonyl (C=O) groups is 2. The van der Waals surface area contributed by atoms with Crippen LogP contribution in [0.3, 0.4) is 0 Å². The fraction of sp³-hybridized carbons (Fsp3) is 0.258. The Balaban J connectivity index is 1.37. The molecule has 0 aromatic heterocycles. The lowest BCUT2D eigenvalue weighted by molar-refractivity contribution is -0.136. The molecule has 13 heteroatoms. The fourth-order valence-corrected chi connectivity index (χ4v) is 6.11. The molecular formula is C31H32BrIN4O7. The summed E-state index contributed by atoms with van der Waals surface area (Å²) >= 11 is 5.78. The number of hydrogen-bond acceptors (Lipinski definition) is 9. The Morgan fingerprint density at radius 2 is 1.91 bits per heavy atom. The van der Waals surface area contributed by atoms with E-state index in [1.807, 2.05) is 49.4 Å². The first kappa shape index (κ1) is 33.1. The van der Waals surface area contributed by atoms with Gasteiger partial charge in [-0.3, -0.25) is 5.43 Å². The lowest BCUT2D eigenvalue weighted by Crippen LogP contribution is -2.45. The molecule has 0 saturated heterocycles. The molecule has 0 unspecified atom stereocenters. The van der Waals surface area contributed by atoms with Crippen LogP contribution in [0.2, 0.25) is 0 Å². The first-order valence-corrected chi connectivity index (χ1v) is 15.5. The van der Waals surface area contributed by atoms with Gasteiger partial charge in [-0.05, 0) is 93.3 Å². The predicted octanol–water partition coefficient (Wildman–Crippen LogP) is 5.15. The van der Waals surface area contributed by atoms with Gasteiger partial charge in [0.25, 0.3) is 0 Å². The van der Waals surface area contributed by atoms with Crippen LogP contribution in [0.5, 0.6) is 17.2 Å². The van der Waals surface area contributed by atoms with E-state index in [9.17, 15) is 14.7 Å². The summed E-state index contributed by atoms with van der Waals surface area (Å²) < 4.78 is 24.2. The summed E-state index contributed by atoms with van der Waals surface area (Å²) in [5.74, 6) is 0.914. The molecule has 1 heterocycles. The van der Waals surface area contributed by atoms with E-state index >= 15 is 0 Å². The number of hydrogen-bond donors (Lipinski definition) is 4. The van der Waals surface area contributed by atoms with Gasteiger partial charge in [-0.1, -0.05) is 36.4 Å². The summed E-state index contributed by atoms with van der Waals surface area (Å²) in [5, 5.41) is 19.9. The van der Waals surface area contributed by atoms with Crippen LogP contribution < -0.4 is 30.3 Å². The van der Waals surface area contributed by atoms with Crippen LogP contribution in [0, 0.1) is 3.57 Å². The Morgan fingerprint density at radius 1 is 1.14 bits per heavy atom. The minimum atomic E-state index is -1.13. The lowest BCUT2D eigenvalue weighted by Gasteiger charge is -2.28. The van der Waals surface area contributed by atoms with Gasteiger partial charge in [-0.2, -0.15) is 5.10 Å². The van der Waals surface area contributed by atoms with Crippen LogP contribution in [0.1, 0.15) is 36.6 Å². The second-order valence-corrected chi connectivity index (χ2v) is 11.5. The first-order valence-electron chi connectivity index (χ1n) is 13.6. The van der Waals surface area contributed by atoms with E-state index in [1.165, 1.54) is 7.11 Å². The van der Waals surface area contributed by atoms with Gasteiger partial charge in [0, 0.05) is 5.70 Å². The van der Waals surface area contributed by atoms with Crippen molar-refractivity contribution in [3.05, 3.63) is 96.7 Å². The monoisotopic (exact) mass is 778 g/mol. The number of halogens is 2. The number of benzene rings is 3. The van der Waals surface area contributed by atoms with Crippen LogP contribution in [0.25, 0.3) is 0 Å². The molecule has 0 radical (unpaired) electrons. The number of amides is 2. The standard InChI is InChI=1S/C31H32BrIN4O7/c1-4-42-25-14-21(28-27(30(39)41-3)18(2)35-31(40)36-28)10-11-24(25)43-17-26(38)37-34-15-20-12-22(32)29(23(33)13-20)44-16-19-8-6-5-7-9-19/h5-15,26,28,37-38H,4,16-17H2,1-3H3,(H2,35,36,40)/b34-15-/t26-,28-/m1/s1. The average Bonchev–Trinajstić information content (AvgIpc) is 3.00. The molecule has 2 amide bonds. The van der Waals surface area contributed by atoms with Gasteiger partial charge < -0.3 is 34.7 Å². The van der Waals surface area contributed by atoms with Crippen LogP contribution in [0.4, 0.5) is 4.79 Å². The van der Waals surface area contributed by atoms with Crippen LogP contribution in [-0.2, 0) is 16.1 Å². The van der Waals surface area contributed by atoms with Crippen LogP contribution >= 0.6 is 38.5 Å². The van der Waals surface area contributed by atoms with E-state index in [2.05, 4.69) is 59.7 Å². The lowest BCUT2D eigenvalue weighted by atomic mass is 9.95. The highest BCUT2D eigenvalue weighted by Crippen LogP contribution is 2.35. The van der Waals surface area contributed by atoms with Crippen LogP contribution in [0.15, 0.2) is 81.5 Å². The number of nitrogens with one attached hydrogen (secondary N) is 3. The minimum absolute atomic E-state index is 0.138. The second kappa shape index (κ2) is 15.8. The van der Waals surface area contributed by atoms with Gasteiger partial charge in [0.2, 0.25) is 0 Å². The second-order valence-electron chi connectivity index (χ2n) is 9.50. The van der Waals surface area contributed by atoms with Gasteiger partial charge in [0.1, 0.15) is 19.0 Å². The Labute approximate surface area is 277 Å². The van der Waals surface area contributed by atoms with Gasteiger partial charge in [0.15, 0.2) is 17.7 Å². The van der Waals surface area contributed by atoms with Crippen molar-refractivity contribution in [2.24, 2.45) is 5.10 Å². The normalized spacial score (nSPS) is 15.3.